The van der Waals surface area contributed by atoms with E-state index in [1.54, 1.807) is 6.20 Å². The summed E-state index contributed by atoms with van der Waals surface area (Å²) in [5.41, 5.74) is 0. The summed E-state index contributed by atoms with van der Waals surface area (Å²) < 4.78 is 1.35. The van der Waals surface area contributed by atoms with E-state index in [4.69, 9.17) is 5.11 Å². The molecule has 1 aromatic heterocycles. The van der Waals surface area contributed by atoms with Crippen LogP contribution in [0.1, 0.15) is 19.9 Å². The largest absolute Gasteiger partial charge is 0.480 e. The highest BCUT2D eigenvalue weighted by Crippen LogP contribution is 2.15. The molecule has 66 valence electrons. The molecule has 5 heteroatoms. The minimum Gasteiger partial charge on any atom is -0.480 e. The third-order valence-electron chi connectivity index (χ3n) is 1.61. The second kappa shape index (κ2) is 3.34. The van der Waals surface area contributed by atoms with Gasteiger partial charge in [0, 0.05) is 6.20 Å². The number of carboxylic acids is 1. The summed E-state index contributed by atoms with van der Waals surface area (Å²) in [5, 5.41) is 16.0. The Kier molecular flexibility index (Phi) is 2.42. The lowest BCUT2D eigenvalue weighted by molar-refractivity contribution is -0.142. The molecule has 12 heavy (non-hydrogen) atoms. The number of nitrogens with zero attached hydrogens (tertiary/aromatic N) is 3. The van der Waals surface area contributed by atoms with E-state index in [2.05, 4.69) is 10.3 Å². The lowest BCUT2D eigenvalue weighted by Gasteiger charge is -2.15. The van der Waals surface area contributed by atoms with Crippen LogP contribution in [0, 0.1) is 5.92 Å². The van der Waals surface area contributed by atoms with Crippen LogP contribution in [0.15, 0.2) is 12.4 Å². The Balaban J connectivity index is 2.88. The van der Waals surface area contributed by atoms with Gasteiger partial charge in [-0.3, -0.25) is 0 Å². The van der Waals surface area contributed by atoms with E-state index < -0.39 is 12.0 Å². The lowest BCUT2D eigenvalue weighted by atomic mass is 10.1. The van der Waals surface area contributed by atoms with E-state index in [-0.39, 0.29) is 5.92 Å². The van der Waals surface area contributed by atoms with Gasteiger partial charge < -0.3 is 5.11 Å². The van der Waals surface area contributed by atoms with Gasteiger partial charge in [0.25, 0.3) is 0 Å². The van der Waals surface area contributed by atoms with Crippen LogP contribution < -0.4 is 0 Å². The van der Waals surface area contributed by atoms with Gasteiger partial charge >= 0.3 is 5.97 Å². The number of hydrogen-bond donors (Lipinski definition) is 1. The summed E-state index contributed by atoms with van der Waals surface area (Å²) in [5.74, 6) is -0.875. The molecular weight excluding hydrogens is 158 g/mol. The van der Waals surface area contributed by atoms with Crippen LogP contribution in [0.5, 0.6) is 0 Å². The van der Waals surface area contributed by atoms with Gasteiger partial charge in [0.05, 0.1) is 6.20 Å². The summed E-state index contributed by atoms with van der Waals surface area (Å²) in [6.07, 6.45) is 3.02. The van der Waals surface area contributed by atoms with Crippen molar-refractivity contribution in [2.75, 3.05) is 0 Å². The molecule has 0 amide bonds. The van der Waals surface area contributed by atoms with Gasteiger partial charge in [-0.2, -0.15) is 0 Å². The second-order valence-corrected chi connectivity index (χ2v) is 2.91. The van der Waals surface area contributed by atoms with Crippen molar-refractivity contribution in [1.29, 1.82) is 0 Å². The Hall–Kier alpha value is -1.39. The van der Waals surface area contributed by atoms with E-state index >= 15 is 0 Å². The van der Waals surface area contributed by atoms with Crippen molar-refractivity contribution in [3.8, 4) is 0 Å². The monoisotopic (exact) mass is 169 g/mol. The number of carboxylic acid groups (broad SMARTS) is 1. The molecule has 0 bridgehead atoms. The molecular formula is C7H11N3O2. The molecule has 0 spiro atoms. The smallest absolute Gasteiger partial charge is 0.328 e. The van der Waals surface area contributed by atoms with Crippen molar-refractivity contribution in [2.24, 2.45) is 5.92 Å². The normalized spacial score (nSPS) is 13.2. The fourth-order valence-corrected chi connectivity index (χ4v) is 1.07. The van der Waals surface area contributed by atoms with Crippen LogP contribution >= 0.6 is 0 Å². The number of rotatable bonds is 3. The van der Waals surface area contributed by atoms with Crippen molar-refractivity contribution in [3.63, 3.8) is 0 Å². The number of hydrogen-bond acceptors (Lipinski definition) is 3. The van der Waals surface area contributed by atoms with Crippen LogP contribution in [0.25, 0.3) is 0 Å². The number of aliphatic carboxylic acids is 1. The van der Waals surface area contributed by atoms with E-state index in [0.29, 0.717) is 0 Å². The molecule has 1 heterocycles. The molecule has 1 unspecified atom stereocenters. The average Bonchev–Trinajstić information content (AvgIpc) is 2.37. The summed E-state index contributed by atoms with van der Waals surface area (Å²) in [6, 6.07) is -0.618. The SMILES string of the molecule is CC(C)C(C(=O)O)n1ccnn1. The van der Waals surface area contributed by atoms with Crippen LogP contribution in [0.2, 0.25) is 0 Å². The Morgan fingerprint density at radius 1 is 1.58 bits per heavy atom. The molecule has 0 saturated carbocycles. The van der Waals surface area contributed by atoms with Gasteiger partial charge in [-0.1, -0.05) is 19.1 Å². The van der Waals surface area contributed by atoms with Crippen molar-refractivity contribution in [3.05, 3.63) is 12.4 Å². The predicted octanol–water partition coefficient (Wildman–Crippen LogP) is 0.560. The third kappa shape index (κ3) is 1.61. The molecule has 0 saturated heterocycles. The topological polar surface area (TPSA) is 68.0 Å². The Bertz CT molecular complexity index is 256. The predicted molar refractivity (Wildman–Crippen MR) is 41.5 cm³/mol. The van der Waals surface area contributed by atoms with Gasteiger partial charge in [-0.15, -0.1) is 5.10 Å². The first-order chi connectivity index (χ1) is 5.63. The molecule has 0 fully saturated rings. The minimum atomic E-state index is -0.879. The summed E-state index contributed by atoms with van der Waals surface area (Å²) in [6.45, 7) is 3.67. The maximum absolute atomic E-state index is 10.8. The van der Waals surface area contributed by atoms with E-state index in [9.17, 15) is 4.79 Å². The molecule has 1 rings (SSSR count). The number of carbonyl (C=O) groups is 1. The molecule has 5 nitrogen and oxygen atoms in total. The molecule has 1 aromatic rings. The lowest BCUT2D eigenvalue weighted by Crippen LogP contribution is -2.24. The molecule has 0 aromatic carbocycles. The van der Waals surface area contributed by atoms with Crippen molar-refractivity contribution in [1.82, 2.24) is 15.0 Å². The highest BCUT2D eigenvalue weighted by Gasteiger charge is 2.23. The van der Waals surface area contributed by atoms with E-state index in [1.165, 1.54) is 10.9 Å². The maximum atomic E-state index is 10.8. The maximum Gasteiger partial charge on any atom is 0.328 e. The Labute approximate surface area is 70.0 Å². The highest BCUT2D eigenvalue weighted by molar-refractivity contribution is 5.71. The minimum absolute atomic E-state index is 0.00389. The molecule has 1 atom stereocenters. The Morgan fingerprint density at radius 3 is 2.58 bits per heavy atom. The van der Waals surface area contributed by atoms with Crippen LogP contribution in [-0.2, 0) is 4.79 Å². The van der Waals surface area contributed by atoms with Crippen molar-refractivity contribution < 1.29 is 9.90 Å². The molecule has 0 aliphatic heterocycles. The summed E-state index contributed by atoms with van der Waals surface area (Å²) >= 11 is 0. The summed E-state index contributed by atoms with van der Waals surface area (Å²) in [7, 11) is 0. The van der Waals surface area contributed by atoms with Gasteiger partial charge in [0.2, 0.25) is 0 Å². The first kappa shape index (κ1) is 8.70. The zero-order valence-corrected chi connectivity index (χ0v) is 7.01. The molecule has 0 radical (unpaired) electrons. The quantitative estimate of drug-likeness (QED) is 0.717. The highest BCUT2D eigenvalue weighted by atomic mass is 16.4. The van der Waals surface area contributed by atoms with Crippen LogP contribution in [0.3, 0.4) is 0 Å². The Morgan fingerprint density at radius 2 is 2.25 bits per heavy atom. The fourth-order valence-electron chi connectivity index (χ4n) is 1.07. The van der Waals surface area contributed by atoms with Crippen LogP contribution in [0.4, 0.5) is 0 Å². The fraction of sp³-hybridized carbons (Fsp3) is 0.571. The van der Waals surface area contributed by atoms with Gasteiger partial charge in [0.15, 0.2) is 6.04 Å². The van der Waals surface area contributed by atoms with E-state index in [0.717, 1.165) is 0 Å². The average molecular weight is 169 g/mol. The van der Waals surface area contributed by atoms with Gasteiger partial charge in [-0.05, 0) is 5.92 Å². The van der Waals surface area contributed by atoms with Crippen LogP contribution in [-0.4, -0.2) is 26.1 Å². The first-order valence-electron chi connectivity index (χ1n) is 3.71. The second-order valence-electron chi connectivity index (χ2n) is 2.91. The number of aromatic nitrogens is 3. The molecule has 0 aliphatic carbocycles. The van der Waals surface area contributed by atoms with Crippen molar-refractivity contribution >= 4 is 5.97 Å². The standard InChI is InChI=1S/C7H11N3O2/c1-5(2)6(7(11)12)10-4-3-8-9-10/h3-6H,1-2H3,(H,11,12). The van der Waals surface area contributed by atoms with Gasteiger partial charge in [-0.25, -0.2) is 9.48 Å². The van der Waals surface area contributed by atoms with Gasteiger partial charge in [0.1, 0.15) is 0 Å². The summed E-state index contributed by atoms with van der Waals surface area (Å²) in [4.78, 5) is 10.8. The first-order valence-corrected chi connectivity index (χ1v) is 3.71. The van der Waals surface area contributed by atoms with Crippen molar-refractivity contribution in [2.45, 2.75) is 19.9 Å². The molecule has 1 N–H and O–H groups in total. The molecule has 0 aliphatic rings. The van der Waals surface area contributed by atoms with E-state index in [1.807, 2.05) is 13.8 Å². The zero-order valence-electron chi connectivity index (χ0n) is 7.01. The zero-order chi connectivity index (χ0) is 9.14. The third-order valence-corrected chi connectivity index (χ3v) is 1.61.